The van der Waals surface area contributed by atoms with Crippen molar-refractivity contribution in [1.82, 2.24) is 4.31 Å². The number of rotatable bonds is 6. The molecule has 23 heavy (non-hydrogen) atoms. The summed E-state index contributed by atoms with van der Waals surface area (Å²) in [6.45, 7) is 4.87. The van der Waals surface area contributed by atoms with Gasteiger partial charge in [-0.05, 0) is 62.8 Å². The van der Waals surface area contributed by atoms with Crippen LogP contribution < -0.4 is 4.74 Å². The molecule has 1 unspecified atom stereocenters. The lowest BCUT2D eigenvalue weighted by Crippen LogP contribution is -2.32. The zero-order valence-electron chi connectivity index (χ0n) is 14.5. The first-order valence-electron chi connectivity index (χ1n) is 8.09. The molecule has 0 saturated carbocycles. The molecule has 6 heteroatoms. The van der Waals surface area contributed by atoms with Crippen molar-refractivity contribution in [2.24, 2.45) is 0 Å². The smallest absolute Gasteiger partial charge is 0.243 e. The largest absolute Gasteiger partial charge is 0.497 e. The zero-order chi connectivity index (χ0) is 17.0. The van der Waals surface area contributed by atoms with Crippen molar-refractivity contribution in [2.75, 3.05) is 27.3 Å². The highest BCUT2D eigenvalue weighted by atomic mass is 32.2. The van der Waals surface area contributed by atoms with Crippen LogP contribution in [-0.4, -0.2) is 46.1 Å². The van der Waals surface area contributed by atoms with E-state index < -0.39 is 10.0 Å². The molecule has 1 saturated heterocycles. The third kappa shape index (κ3) is 4.25. The van der Waals surface area contributed by atoms with Crippen molar-refractivity contribution in [2.45, 2.75) is 50.5 Å². The number of nitrogens with zero attached hydrogens (tertiary/aromatic N) is 1. The number of ether oxygens (including phenoxy) is 2. The molecule has 0 radical (unpaired) electrons. The molecule has 0 N–H and O–H groups in total. The maximum atomic E-state index is 12.9. The summed E-state index contributed by atoms with van der Waals surface area (Å²) in [6.07, 6.45) is 4.21. The first-order chi connectivity index (χ1) is 10.9. The molecule has 0 aliphatic carbocycles. The molecule has 130 valence electrons. The highest BCUT2D eigenvalue weighted by molar-refractivity contribution is 7.89. The fourth-order valence-corrected chi connectivity index (χ4v) is 4.66. The SMILES string of the molecule is COc1cc(C)c(S(=O)(=O)N(C)CCC2CCCCO2)c(C)c1. The average Bonchev–Trinajstić information content (AvgIpc) is 2.52. The van der Waals surface area contributed by atoms with Crippen LogP contribution in [0.15, 0.2) is 17.0 Å². The van der Waals surface area contributed by atoms with Crippen molar-refractivity contribution in [3.63, 3.8) is 0 Å². The third-order valence-corrected chi connectivity index (χ3v) is 6.54. The number of benzene rings is 1. The standard InChI is InChI=1S/C17H27NO4S/c1-13-11-16(21-4)12-14(2)17(13)23(19,20)18(3)9-8-15-7-5-6-10-22-15/h11-12,15H,5-10H2,1-4H3. The minimum absolute atomic E-state index is 0.180. The molecule has 1 heterocycles. The van der Waals surface area contributed by atoms with Crippen LogP contribution in [0.5, 0.6) is 5.75 Å². The van der Waals surface area contributed by atoms with Gasteiger partial charge in [-0.3, -0.25) is 0 Å². The molecule has 0 spiro atoms. The molecular formula is C17H27NO4S. The molecule has 1 aliphatic heterocycles. The Morgan fingerprint density at radius 1 is 1.26 bits per heavy atom. The van der Waals surface area contributed by atoms with Crippen molar-refractivity contribution in [3.05, 3.63) is 23.3 Å². The van der Waals surface area contributed by atoms with Gasteiger partial charge in [0.2, 0.25) is 10.0 Å². The monoisotopic (exact) mass is 341 g/mol. The topological polar surface area (TPSA) is 55.8 Å². The van der Waals surface area contributed by atoms with Crippen LogP contribution in [0.1, 0.15) is 36.8 Å². The number of aryl methyl sites for hydroxylation is 2. The summed E-state index contributed by atoms with van der Waals surface area (Å²) >= 11 is 0. The Kier molecular flexibility index (Phi) is 6.06. The van der Waals surface area contributed by atoms with Gasteiger partial charge in [0, 0.05) is 20.2 Å². The van der Waals surface area contributed by atoms with Crippen LogP contribution in [0.25, 0.3) is 0 Å². The summed E-state index contributed by atoms with van der Waals surface area (Å²) < 4.78 is 38.1. The highest BCUT2D eigenvalue weighted by Crippen LogP contribution is 2.28. The van der Waals surface area contributed by atoms with E-state index in [2.05, 4.69) is 0 Å². The maximum absolute atomic E-state index is 12.9. The quantitative estimate of drug-likeness (QED) is 0.798. The Balaban J connectivity index is 2.13. The van der Waals surface area contributed by atoms with Gasteiger partial charge in [0.1, 0.15) is 5.75 Å². The number of sulfonamides is 1. The Morgan fingerprint density at radius 2 is 1.91 bits per heavy atom. The molecule has 0 amide bonds. The van der Waals surface area contributed by atoms with Crippen molar-refractivity contribution in [1.29, 1.82) is 0 Å². The van der Waals surface area contributed by atoms with Crippen LogP contribution in [0.2, 0.25) is 0 Å². The van der Waals surface area contributed by atoms with Crippen LogP contribution in [0, 0.1) is 13.8 Å². The summed E-state index contributed by atoms with van der Waals surface area (Å²) in [7, 11) is -0.282. The van der Waals surface area contributed by atoms with Gasteiger partial charge in [0.05, 0.1) is 18.1 Å². The van der Waals surface area contributed by atoms with Crippen LogP contribution >= 0.6 is 0 Å². The van der Waals surface area contributed by atoms with E-state index in [4.69, 9.17) is 9.47 Å². The summed E-state index contributed by atoms with van der Waals surface area (Å²) in [5.41, 5.74) is 1.42. The van der Waals surface area contributed by atoms with E-state index in [0.717, 1.165) is 32.3 Å². The lowest BCUT2D eigenvalue weighted by Gasteiger charge is -2.25. The molecule has 2 rings (SSSR count). The normalized spacial score (nSPS) is 19.1. The Morgan fingerprint density at radius 3 is 2.43 bits per heavy atom. The fraction of sp³-hybridized carbons (Fsp3) is 0.647. The first-order valence-corrected chi connectivity index (χ1v) is 9.53. The Labute approximate surface area is 139 Å². The predicted octanol–water partition coefficient (Wildman–Crippen LogP) is 2.89. The van der Waals surface area contributed by atoms with Gasteiger partial charge in [-0.15, -0.1) is 0 Å². The number of hydrogen-bond acceptors (Lipinski definition) is 4. The molecule has 1 aromatic rings. The van der Waals surface area contributed by atoms with Crippen LogP contribution in [0.3, 0.4) is 0 Å². The van der Waals surface area contributed by atoms with Gasteiger partial charge in [-0.1, -0.05) is 0 Å². The van der Waals surface area contributed by atoms with E-state index in [-0.39, 0.29) is 6.10 Å². The van der Waals surface area contributed by atoms with Crippen LogP contribution in [0.4, 0.5) is 0 Å². The van der Waals surface area contributed by atoms with Gasteiger partial charge >= 0.3 is 0 Å². The van der Waals surface area contributed by atoms with Crippen molar-refractivity contribution < 1.29 is 17.9 Å². The van der Waals surface area contributed by atoms with E-state index in [1.807, 2.05) is 0 Å². The number of methoxy groups -OCH3 is 1. The fourth-order valence-electron chi connectivity index (χ4n) is 3.07. The van der Waals surface area contributed by atoms with E-state index in [1.54, 1.807) is 40.1 Å². The van der Waals surface area contributed by atoms with E-state index in [1.165, 1.54) is 4.31 Å². The Hall–Kier alpha value is -1.11. The first kappa shape index (κ1) is 18.2. The second-order valence-electron chi connectivity index (χ2n) is 6.19. The molecular weight excluding hydrogens is 314 g/mol. The summed E-state index contributed by atoms with van der Waals surface area (Å²) in [5.74, 6) is 0.678. The van der Waals surface area contributed by atoms with E-state index in [0.29, 0.717) is 28.3 Å². The molecule has 1 atom stereocenters. The minimum atomic E-state index is -3.50. The molecule has 5 nitrogen and oxygen atoms in total. The highest BCUT2D eigenvalue weighted by Gasteiger charge is 2.26. The zero-order valence-corrected chi connectivity index (χ0v) is 15.3. The molecule has 0 bridgehead atoms. The van der Waals surface area contributed by atoms with Gasteiger partial charge in [0.25, 0.3) is 0 Å². The van der Waals surface area contributed by atoms with Gasteiger partial charge in [-0.25, -0.2) is 12.7 Å². The van der Waals surface area contributed by atoms with Crippen LogP contribution in [-0.2, 0) is 14.8 Å². The average molecular weight is 341 g/mol. The molecule has 1 aromatic carbocycles. The summed E-state index contributed by atoms with van der Waals surface area (Å²) in [4.78, 5) is 0.380. The lowest BCUT2D eigenvalue weighted by atomic mass is 10.1. The number of hydrogen-bond donors (Lipinski definition) is 0. The lowest BCUT2D eigenvalue weighted by molar-refractivity contribution is 0.00950. The van der Waals surface area contributed by atoms with Gasteiger partial charge in [0.15, 0.2) is 0 Å². The third-order valence-electron chi connectivity index (χ3n) is 4.38. The molecule has 1 aliphatic rings. The second-order valence-corrected chi connectivity index (χ2v) is 8.18. The van der Waals surface area contributed by atoms with Crippen molar-refractivity contribution >= 4 is 10.0 Å². The summed E-state index contributed by atoms with van der Waals surface area (Å²) in [6, 6.07) is 3.52. The molecule has 0 aromatic heterocycles. The van der Waals surface area contributed by atoms with E-state index >= 15 is 0 Å². The second kappa shape index (κ2) is 7.64. The summed E-state index contributed by atoms with van der Waals surface area (Å²) in [5, 5.41) is 0. The Bertz CT molecular complexity index is 613. The predicted molar refractivity (Wildman–Crippen MR) is 90.5 cm³/mol. The van der Waals surface area contributed by atoms with Gasteiger partial charge < -0.3 is 9.47 Å². The molecule has 1 fully saturated rings. The van der Waals surface area contributed by atoms with E-state index in [9.17, 15) is 8.42 Å². The van der Waals surface area contributed by atoms with Gasteiger partial charge in [-0.2, -0.15) is 0 Å². The van der Waals surface area contributed by atoms with Crippen molar-refractivity contribution in [3.8, 4) is 5.75 Å². The minimum Gasteiger partial charge on any atom is -0.497 e. The maximum Gasteiger partial charge on any atom is 0.243 e.